The van der Waals surface area contributed by atoms with Gasteiger partial charge >= 0.3 is 5.97 Å². The van der Waals surface area contributed by atoms with Gasteiger partial charge in [0.15, 0.2) is 11.2 Å². The highest BCUT2D eigenvalue weighted by Crippen LogP contribution is 2.43. The first-order valence-corrected chi connectivity index (χ1v) is 7.24. The van der Waals surface area contributed by atoms with Gasteiger partial charge in [0, 0.05) is 13.5 Å². The van der Waals surface area contributed by atoms with Crippen molar-refractivity contribution < 1.29 is 14.3 Å². The van der Waals surface area contributed by atoms with E-state index in [4.69, 9.17) is 10.5 Å². The zero-order valence-corrected chi connectivity index (χ0v) is 12.7. The predicted octanol–water partition coefficient (Wildman–Crippen LogP) is 1.74. The number of nitrogens with two attached hydrogens (primary N) is 1. The van der Waals surface area contributed by atoms with Crippen LogP contribution in [-0.4, -0.2) is 25.4 Å². The van der Waals surface area contributed by atoms with Crippen LogP contribution in [0.15, 0.2) is 12.1 Å². The lowest BCUT2D eigenvalue weighted by molar-refractivity contribution is -0.153. The minimum Gasteiger partial charge on any atom is -0.465 e. The summed E-state index contributed by atoms with van der Waals surface area (Å²) in [5.74, 6) is -0.782. The Bertz CT molecular complexity index is 663. The molecule has 1 atom stereocenters. The molecular formula is C16H19N3O3. The molecule has 1 aromatic carbocycles. The molecule has 6 heteroatoms. The number of nitrogens with zero attached hydrogens (tertiary/aromatic N) is 1. The Kier molecular flexibility index (Phi) is 4.36. The SMILES string of the molecule is CCOC(=O)C1(c2ccc(N)c(NC)c2C#N)CCCC1=O. The number of ether oxygens (including phenoxy) is 1. The van der Waals surface area contributed by atoms with Crippen molar-refractivity contribution in [1.29, 1.82) is 5.26 Å². The third-order valence-corrected chi connectivity index (χ3v) is 4.11. The van der Waals surface area contributed by atoms with Crippen LogP contribution in [-0.2, 0) is 19.7 Å². The minimum absolute atomic E-state index is 0.184. The van der Waals surface area contributed by atoms with Crippen molar-refractivity contribution in [3.05, 3.63) is 23.3 Å². The fourth-order valence-corrected chi connectivity index (χ4v) is 3.09. The number of rotatable bonds is 4. The number of anilines is 2. The molecule has 1 aliphatic carbocycles. The van der Waals surface area contributed by atoms with E-state index in [1.165, 1.54) is 0 Å². The van der Waals surface area contributed by atoms with Crippen LogP contribution in [0.5, 0.6) is 0 Å². The fourth-order valence-electron chi connectivity index (χ4n) is 3.09. The topological polar surface area (TPSA) is 105 Å². The van der Waals surface area contributed by atoms with Gasteiger partial charge in [-0.15, -0.1) is 0 Å². The van der Waals surface area contributed by atoms with Gasteiger partial charge in [-0.05, 0) is 31.4 Å². The molecule has 0 spiro atoms. The number of benzene rings is 1. The van der Waals surface area contributed by atoms with Crippen molar-refractivity contribution in [2.24, 2.45) is 0 Å². The van der Waals surface area contributed by atoms with E-state index in [9.17, 15) is 14.9 Å². The van der Waals surface area contributed by atoms with Gasteiger partial charge < -0.3 is 15.8 Å². The van der Waals surface area contributed by atoms with Crippen LogP contribution in [0, 0.1) is 11.3 Å². The molecule has 1 unspecified atom stereocenters. The number of Topliss-reactive ketones (excluding diaryl/α,β-unsaturated/α-hetero) is 1. The van der Waals surface area contributed by atoms with Gasteiger partial charge in [0.05, 0.1) is 23.5 Å². The summed E-state index contributed by atoms with van der Waals surface area (Å²) in [4.78, 5) is 25.0. The van der Waals surface area contributed by atoms with E-state index in [1.807, 2.05) is 0 Å². The van der Waals surface area contributed by atoms with E-state index in [-0.39, 0.29) is 18.0 Å². The lowest BCUT2D eigenvalue weighted by Gasteiger charge is -2.27. The Balaban J connectivity index is 2.72. The maximum absolute atomic E-state index is 12.5. The summed E-state index contributed by atoms with van der Waals surface area (Å²) >= 11 is 0. The minimum atomic E-state index is -1.39. The largest absolute Gasteiger partial charge is 0.465 e. The fraction of sp³-hybridized carbons (Fsp3) is 0.438. The number of carbonyl (C=O) groups is 2. The molecule has 116 valence electrons. The van der Waals surface area contributed by atoms with Crippen LogP contribution in [0.4, 0.5) is 11.4 Å². The molecule has 0 heterocycles. The monoisotopic (exact) mass is 301 g/mol. The molecule has 0 radical (unpaired) electrons. The number of nitrogen functional groups attached to an aromatic ring is 1. The van der Waals surface area contributed by atoms with Crippen molar-refractivity contribution in [3.63, 3.8) is 0 Å². The van der Waals surface area contributed by atoms with E-state index in [0.717, 1.165) is 0 Å². The summed E-state index contributed by atoms with van der Waals surface area (Å²) < 4.78 is 5.14. The van der Waals surface area contributed by atoms with Gasteiger partial charge in [-0.2, -0.15) is 5.26 Å². The van der Waals surface area contributed by atoms with Gasteiger partial charge in [-0.25, -0.2) is 0 Å². The number of ketones is 1. The molecule has 1 saturated carbocycles. The lowest BCUT2D eigenvalue weighted by Crippen LogP contribution is -2.42. The maximum Gasteiger partial charge on any atom is 0.324 e. The molecule has 3 N–H and O–H groups in total. The number of nitrogens with one attached hydrogen (secondary N) is 1. The molecule has 0 aromatic heterocycles. The molecule has 2 rings (SSSR count). The second kappa shape index (κ2) is 6.06. The zero-order chi connectivity index (χ0) is 16.3. The van der Waals surface area contributed by atoms with Crippen LogP contribution in [0.1, 0.15) is 37.3 Å². The van der Waals surface area contributed by atoms with Gasteiger partial charge in [0.2, 0.25) is 0 Å². The van der Waals surface area contributed by atoms with Gasteiger partial charge in [0.25, 0.3) is 0 Å². The van der Waals surface area contributed by atoms with Crippen LogP contribution in [0.25, 0.3) is 0 Å². The molecule has 22 heavy (non-hydrogen) atoms. The summed E-state index contributed by atoms with van der Waals surface area (Å²) in [5, 5.41) is 12.4. The van der Waals surface area contributed by atoms with Crippen LogP contribution in [0.2, 0.25) is 0 Å². The molecular weight excluding hydrogens is 282 g/mol. The average molecular weight is 301 g/mol. The lowest BCUT2D eigenvalue weighted by atomic mass is 9.75. The predicted molar refractivity (Wildman–Crippen MR) is 82.3 cm³/mol. The number of carbonyl (C=O) groups excluding carboxylic acids is 2. The third-order valence-electron chi connectivity index (χ3n) is 4.11. The van der Waals surface area contributed by atoms with Gasteiger partial charge in [0.1, 0.15) is 6.07 Å². The molecule has 0 saturated heterocycles. The smallest absolute Gasteiger partial charge is 0.324 e. The molecule has 6 nitrogen and oxygen atoms in total. The van der Waals surface area contributed by atoms with Crippen molar-refractivity contribution in [1.82, 2.24) is 0 Å². The Morgan fingerprint density at radius 2 is 2.27 bits per heavy atom. The standard InChI is InChI=1S/C16H19N3O3/c1-3-22-15(21)16(8-4-5-13(16)20)11-6-7-12(18)14(19-2)10(11)9-17/h6-7,19H,3-5,8,18H2,1-2H3. The van der Waals surface area contributed by atoms with Gasteiger partial charge in [-0.1, -0.05) is 6.07 Å². The highest BCUT2D eigenvalue weighted by atomic mass is 16.5. The zero-order valence-electron chi connectivity index (χ0n) is 12.7. The summed E-state index contributed by atoms with van der Waals surface area (Å²) in [7, 11) is 1.64. The Hall–Kier alpha value is -2.55. The summed E-state index contributed by atoms with van der Waals surface area (Å²) in [6, 6.07) is 5.27. The first-order valence-electron chi connectivity index (χ1n) is 7.24. The Morgan fingerprint density at radius 3 is 2.77 bits per heavy atom. The number of hydrogen-bond donors (Lipinski definition) is 2. The Labute approximate surface area is 129 Å². The first kappa shape index (κ1) is 15.8. The van der Waals surface area contributed by atoms with E-state index in [1.54, 1.807) is 26.1 Å². The first-order chi connectivity index (χ1) is 10.5. The van der Waals surface area contributed by atoms with Crippen molar-refractivity contribution in [2.75, 3.05) is 24.7 Å². The number of hydrogen-bond acceptors (Lipinski definition) is 6. The van der Waals surface area contributed by atoms with Gasteiger partial charge in [-0.3, -0.25) is 9.59 Å². The highest BCUT2D eigenvalue weighted by molar-refractivity contribution is 6.12. The summed E-state index contributed by atoms with van der Waals surface area (Å²) in [5.41, 5.74) is 5.93. The quantitative estimate of drug-likeness (QED) is 0.498. The summed E-state index contributed by atoms with van der Waals surface area (Å²) in [6.07, 6.45) is 1.26. The molecule has 1 aliphatic rings. The molecule has 0 aliphatic heterocycles. The van der Waals surface area contributed by atoms with Crippen molar-refractivity contribution >= 4 is 23.1 Å². The Morgan fingerprint density at radius 1 is 1.55 bits per heavy atom. The normalized spacial score (nSPS) is 20.5. The van der Waals surface area contributed by atoms with Crippen molar-refractivity contribution in [2.45, 2.75) is 31.6 Å². The van der Waals surface area contributed by atoms with E-state index in [2.05, 4.69) is 11.4 Å². The van der Waals surface area contributed by atoms with E-state index in [0.29, 0.717) is 36.2 Å². The number of nitriles is 1. The third kappa shape index (κ3) is 2.19. The van der Waals surface area contributed by atoms with Crippen LogP contribution >= 0.6 is 0 Å². The molecule has 1 aromatic rings. The second-order valence-electron chi connectivity index (χ2n) is 5.22. The average Bonchev–Trinajstić information content (AvgIpc) is 2.89. The number of esters is 1. The van der Waals surface area contributed by atoms with E-state index >= 15 is 0 Å². The molecule has 0 bridgehead atoms. The maximum atomic E-state index is 12.5. The molecule has 0 amide bonds. The van der Waals surface area contributed by atoms with Crippen LogP contribution < -0.4 is 11.1 Å². The summed E-state index contributed by atoms with van der Waals surface area (Å²) in [6.45, 7) is 1.88. The van der Waals surface area contributed by atoms with Crippen LogP contribution in [0.3, 0.4) is 0 Å². The molecule has 1 fully saturated rings. The highest BCUT2D eigenvalue weighted by Gasteiger charge is 2.52. The second-order valence-corrected chi connectivity index (χ2v) is 5.22. The van der Waals surface area contributed by atoms with E-state index < -0.39 is 11.4 Å². The van der Waals surface area contributed by atoms with Crippen molar-refractivity contribution in [3.8, 4) is 6.07 Å².